The topological polar surface area (TPSA) is 25.1 Å². The van der Waals surface area contributed by atoms with Crippen LogP contribution in [0.1, 0.15) is 71.1 Å². The monoisotopic (exact) mass is 318 g/mol. The van der Waals surface area contributed by atoms with Gasteiger partial charge in [-0.1, -0.05) is 56.6 Å². The molecule has 2 aliphatic heterocycles. The zero-order chi connectivity index (χ0) is 16.3. The third kappa shape index (κ3) is 7.99. The van der Waals surface area contributed by atoms with Crippen LogP contribution in [0.4, 0.5) is 0 Å². The highest BCUT2D eigenvalue weighted by molar-refractivity contribution is 5.00. The Balaban J connectivity index is 1.42. The van der Waals surface area contributed by atoms with Gasteiger partial charge in [0.05, 0.1) is 24.4 Å². The molecule has 0 aliphatic carbocycles. The molecule has 4 atom stereocenters. The van der Waals surface area contributed by atoms with Crippen molar-refractivity contribution in [2.24, 2.45) is 0 Å². The molecule has 0 unspecified atom stereocenters. The van der Waals surface area contributed by atoms with Crippen LogP contribution in [-0.4, -0.2) is 24.4 Å². The molecule has 2 nitrogen and oxygen atoms in total. The molecule has 2 aliphatic rings. The number of hydrogen-bond acceptors (Lipinski definition) is 2. The molecule has 0 saturated carbocycles. The van der Waals surface area contributed by atoms with Crippen molar-refractivity contribution in [2.75, 3.05) is 0 Å². The van der Waals surface area contributed by atoms with Gasteiger partial charge in [-0.2, -0.15) is 0 Å². The molecular weight excluding hydrogens is 284 g/mol. The molecule has 0 bridgehead atoms. The maximum atomic E-state index is 5.76. The molecule has 0 N–H and O–H groups in total. The standard InChI is InChI=1S/C21H34O2/c1-3-5-7-8-9-10-11-12-14-16-19-21(23-19)17-20-18(22-20)15-13-6-4-2/h3,9-10,12,14,18-21H,1,4-8,11,13,15-17H2,2H3/t18-,19+,20+,21-/m1/s1. The molecule has 2 heteroatoms. The Labute approximate surface area is 142 Å². The van der Waals surface area contributed by atoms with Crippen LogP contribution in [0.5, 0.6) is 0 Å². The predicted molar refractivity (Wildman–Crippen MR) is 97.6 cm³/mol. The highest BCUT2D eigenvalue weighted by Crippen LogP contribution is 2.38. The van der Waals surface area contributed by atoms with Crippen molar-refractivity contribution in [1.29, 1.82) is 0 Å². The Bertz CT molecular complexity index is 385. The number of allylic oxidation sites excluding steroid dienone is 4. The summed E-state index contributed by atoms with van der Waals surface area (Å²) < 4.78 is 11.5. The normalized spacial score (nSPS) is 29.4. The highest BCUT2D eigenvalue weighted by atomic mass is 16.6. The first kappa shape index (κ1) is 18.5. The molecular formula is C21H34O2. The average molecular weight is 319 g/mol. The summed E-state index contributed by atoms with van der Waals surface area (Å²) in [5.74, 6) is 0. The van der Waals surface area contributed by atoms with Gasteiger partial charge in [0.1, 0.15) is 0 Å². The number of rotatable bonds is 14. The quantitative estimate of drug-likeness (QED) is 0.232. The molecule has 2 saturated heterocycles. The van der Waals surface area contributed by atoms with Crippen molar-refractivity contribution < 1.29 is 9.47 Å². The van der Waals surface area contributed by atoms with Crippen LogP contribution >= 0.6 is 0 Å². The summed E-state index contributed by atoms with van der Waals surface area (Å²) in [4.78, 5) is 0. The van der Waals surface area contributed by atoms with E-state index >= 15 is 0 Å². The molecule has 2 rings (SSSR count). The zero-order valence-electron chi connectivity index (χ0n) is 14.8. The first-order chi connectivity index (χ1) is 11.3. The van der Waals surface area contributed by atoms with E-state index < -0.39 is 0 Å². The van der Waals surface area contributed by atoms with E-state index in [-0.39, 0.29) is 0 Å². The maximum Gasteiger partial charge on any atom is 0.0877 e. The van der Waals surface area contributed by atoms with E-state index in [0.717, 1.165) is 32.1 Å². The van der Waals surface area contributed by atoms with Gasteiger partial charge in [0.2, 0.25) is 0 Å². The minimum absolute atomic E-state index is 0.448. The Morgan fingerprint density at radius 3 is 2.43 bits per heavy atom. The average Bonchev–Trinajstić information content (AvgIpc) is 3.46. The summed E-state index contributed by atoms with van der Waals surface area (Å²) in [5, 5.41) is 0. The smallest absolute Gasteiger partial charge is 0.0877 e. The number of hydrogen-bond donors (Lipinski definition) is 0. The van der Waals surface area contributed by atoms with Crippen LogP contribution < -0.4 is 0 Å². The SMILES string of the molecule is C=CCCCC=CCC=CC[C@@H]1O[C@@H]1C[C@@H]1O[C@@H]1CCCCC. The Kier molecular flexibility index (Phi) is 8.70. The molecule has 0 amide bonds. The lowest BCUT2D eigenvalue weighted by atomic mass is 10.1. The molecule has 0 aromatic heterocycles. The summed E-state index contributed by atoms with van der Waals surface area (Å²) in [5.41, 5.74) is 0. The van der Waals surface area contributed by atoms with Gasteiger partial charge in [0.25, 0.3) is 0 Å². The third-order valence-electron chi connectivity index (χ3n) is 4.69. The summed E-state index contributed by atoms with van der Waals surface area (Å²) in [6.45, 7) is 5.98. The fraction of sp³-hybridized carbons (Fsp3) is 0.714. The Morgan fingerprint density at radius 2 is 1.61 bits per heavy atom. The number of epoxide rings is 2. The van der Waals surface area contributed by atoms with Crippen LogP contribution in [0.15, 0.2) is 37.0 Å². The zero-order valence-corrected chi connectivity index (χ0v) is 14.8. The van der Waals surface area contributed by atoms with E-state index in [1.165, 1.54) is 32.1 Å². The van der Waals surface area contributed by atoms with E-state index in [9.17, 15) is 0 Å². The lowest BCUT2D eigenvalue weighted by molar-refractivity contribution is 0.321. The number of unbranched alkanes of at least 4 members (excludes halogenated alkanes) is 4. The van der Waals surface area contributed by atoms with Crippen LogP contribution in [0.3, 0.4) is 0 Å². The molecule has 0 aromatic carbocycles. The largest absolute Gasteiger partial charge is 0.369 e. The van der Waals surface area contributed by atoms with Crippen molar-refractivity contribution in [3.05, 3.63) is 37.0 Å². The van der Waals surface area contributed by atoms with Crippen LogP contribution in [0.2, 0.25) is 0 Å². The fourth-order valence-electron chi connectivity index (χ4n) is 3.06. The second-order valence-electron chi connectivity index (χ2n) is 6.79. The first-order valence-electron chi connectivity index (χ1n) is 9.57. The van der Waals surface area contributed by atoms with Gasteiger partial charge < -0.3 is 9.47 Å². The van der Waals surface area contributed by atoms with Gasteiger partial charge in [-0.05, 0) is 38.5 Å². The molecule has 130 valence electrons. The van der Waals surface area contributed by atoms with E-state index in [1.54, 1.807) is 0 Å². The highest BCUT2D eigenvalue weighted by Gasteiger charge is 2.47. The molecule has 2 heterocycles. The Morgan fingerprint density at radius 1 is 0.826 bits per heavy atom. The molecule has 0 spiro atoms. The van der Waals surface area contributed by atoms with E-state index in [1.807, 2.05) is 6.08 Å². The van der Waals surface area contributed by atoms with Crippen LogP contribution in [0, 0.1) is 0 Å². The summed E-state index contributed by atoms with van der Waals surface area (Å²) >= 11 is 0. The fourth-order valence-corrected chi connectivity index (χ4v) is 3.06. The molecule has 0 radical (unpaired) electrons. The lowest BCUT2D eigenvalue weighted by Crippen LogP contribution is -2.01. The lowest BCUT2D eigenvalue weighted by Gasteiger charge is -1.94. The summed E-state index contributed by atoms with van der Waals surface area (Å²) in [7, 11) is 0. The van der Waals surface area contributed by atoms with Gasteiger partial charge in [0.15, 0.2) is 0 Å². The second-order valence-corrected chi connectivity index (χ2v) is 6.79. The van der Waals surface area contributed by atoms with E-state index in [4.69, 9.17) is 9.47 Å². The first-order valence-corrected chi connectivity index (χ1v) is 9.57. The third-order valence-corrected chi connectivity index (χ3v) is 4.69. The van der Waals surface area contributed by atoms with Crippen molar-refractivity contribution in [3.63, 3.8) is 0 Å². The summed E-state index contributed by atoms with van der Waals surface area (Å²) in [6, 6.07) is 0. The predicted octanol–water partition coefficient (Wildman–Crippen LogP) is 5.74. The van der Waals surface area contributed by atoms with Gasteiger partial charge in [-0.15, -0.1) is 6.58 Å². The summed E-state index contributed by atoms with van der Waals surface area (Å²) in [6.07, 6.45) is 24.8. The molecule has 2 fully saturated rings. The van der Waals surface area contributed by atoms with Gasteiger partial charge in [0, 0.05) is 6.42 Å². The van der Waals surface area contributed by atoms with Gasteiger partial charge in [-0.3, -0.25) is 0 Å². The van der Waals surface area contributed by atoms with Crippen molar-refractivity contribution >= 4 is 0 Å². The van der Waals surface area contributed by atoms with Crippen molar-refractivity contribution in [2.45, 2.75) is 95.5 Å². The second kappa shape index (κ2) is 10.8. The molecule has 23 heavy (non-hydrogen) atoms. The minimum atomic E-state index is 0.448. The van der Waals surface area contributed by atoms with Gasteiger partial charge >= 0.3 is 0 Å². The Hall–Kier alpha value is -0.860. The molecule has 0 aromatic rings. The minimum Gasteiger partial charge on any atom is -0.369 e. The maximum absolute atomic E-state index is 5.76. The van der Waals surface area contributed by atoms with Gasteiger partial charge in [-0.25, -0.2) is 0 Å². The number of ether oxygens (including phenoxy) is 2. The van der Waals surface area contributed by atoms with Crippen LogP contribution in [-0.2, 0) is 9.47 Å². The van der Waals surface area contributed by atoms with Crippen LogP contribution in [0.25, 0.3) is 0 Å². The van der Waals surface area contributed by atoms with E-state index in [0.29, 0.717) is 24.4 Å². The van der Waals surface area contributed by atoms with E-state index in [2.05, 4.69) is 37.8 Å². The van der Waals surface area contributed by atoms with Crippen molar-refractivity contribution in [1.82, 2.24) is 0 Å². The van der Waals surface area contributed by atoms with Crippen molar-refractivity contribution in [3.8, 4) is 0 Å².